The van der Waals surface area contributed by atoms with Crippen molar-refractivity contribution in [1.29, 1.82) is 0 Å². The Kier molecular flexibility index (Phi) is 4.94. The summed E-state index contributed by atoms with van der Waals surface area (Å²) in [6.07, 6.45) is -1.06. The van der Waals surface area contributed by atoms with E-state index in [0.717, 1.165) is 27.9 Å². The van der Waals surface area contributed by atoms with Crippen molar-refractivity contribution in [2.45, 2.75) is 32.7 Å². The zero-order valence-corrected chi connectivity index (χ0v) is 16.3. The zero-order chi connectivity index (χ0) is 20.5. The maximum absolute atomic E-state index is 11.2. The molecule has 148 valence electrons. The van der Waals surface area contributed by atoms with Crippen LogP contribution >= 0.6 is 0 Å². The maximum Gasteiger partial charge on any atom is 0.269 e. The molecule has 0 saturated heterocycles. The van der Waals surface area contributed by atoms with E-state index in [1.807, 2.05) is 62.4 Å². The number of aliphatic hydroxyl groups excluding tert-OH is 1. The molecule has 1 aliphatic heterocycles. The molecule has 1 aliphatic rings. The molecule has 1 heterocycles. The van der Waals surface area contributed by atoms with Crippen LogP contribution in [0.1, 0.15) is 28.3 Å². The van der Waals surface area contributed by atoms with Crippen molar-refractivity contribution in [3.05, 3.63) is 99.1 Å². The van der Waals surface area contributed by atoms with E-state index in [9.17, 15) is 15.2 Å². The minimum atomic E-state index is -1.06. The van der Waals surface area contributed by atoms with Crippen LogP contribution in [0.25, 0.3) is 0 Å². The van der Waals surface area contributed by atoms with Gasteiger partial charge in [0.15, 0.2) is 0 Å². The average Bonchev–Trinajstić information content (AvgIpc) is 2.70. The van der Waals surface area contributed by atoms with Crippen LogP contribution < -0.4 is 9.64 Å². The summed E-state index contributed by atoms with van der Waals surface area (Å²) in [6, 6.07) is 19.9. The minimum Gasteiger partial charge on any atom is -0.460 e. The highest BCUT2D eigenvalue weighted by Crippen LogP contribution is 2.43. The third kappa shape index (κ3) is 3.79. The van der Waals surface area contributed by atoms with Crippen molar-refractivity contribution < 1.29 is 14.8 Å². The summed E-state index contributed by atoms with van der Waals surface area (Å²) in [5, 5.41) is 22.0. The van der Waals surface area contributed by atoms with Crippen molar-refractivity contribution in [3.8, 4) is 5.75 Å². The quantitative estimate of drug-likeness (QED) is 0.517. The second-order valence-corrected chi connectivity index (χ2v) is 7.39. The van der Waals surface area contributed by atoms with Gasteiger partial charge in [0.05, 0.1) is 10.6 Å². The number of benzene rings is 3. The van der Waals surface area contributed by atoms with Crippen molar-refractivity contribution in [2.24, 2.45) is 0 Å². The molecule has 1 N–H and O–H groups in total. The first-order chi connectivity index (χ1) is 13.9. The van der Waals surface area contributed by atoms with Gasteiger partial charge in [-0.3, -0.25) is 10.1 Å². The molecule has 6 nitrogen and oxygen atoms in total. The Morgan fingerprint density at radius 3 is 2.48 bits per heavy atom. The number of hydrogen-bond donors (Lipinski definition) is 1. The highest BCUT2D eigenvalue weighted by atomic mass is 16.6. The summed E-state index contributed by atoms with van der Waals surface area (Å²) in [5.74, 6) is 0.594. The van der Waals surface area contributed by atoms with E-state index in [1.165, 1.54) is 6.07 Å². The van der Waals surface area contributed by atoms with Gasteiger partial charge < -0.3 is 14.7 Å². The van der Waals surface area contributed by atoms with E-state index in [0.29, 0.717) is 12.3 Å². The van der Waals surface area contributed by atoms with Crippen LogP contribution in [-0.2, 0) is 6.54 Å². The normalized spacial score (nSPS) is 18.1. The Labute approximate surface area is 169 Å². The number of aryl methyl sites for hydroxylation is 2. The Hall–Kier alpha value is -3.38. The first kappa shape index (κ1) is 19.0. The van der Waals surface area contributed by atoms with Crippen molar-refractivity contribution in [2.75, 3.05) is 4.90 Å². The SMILES string of the molecule is Cc1ccc(C2C(O)Oc3ccc(C)cc3N2Cc2cccc([N+](=O)[O-])c2)cc1. The molecule has 0 amide bonds. The van der Waals surface area contributed by atoms with E-state index < -0.39 is 17.3 Å². The molecule has 3 aromatic carbocycles. The minimum absolute atomic E-state index is 0.0488. The number of fused-ring (bicyclic) bond motifs is 1. The van der Waals surface area contributed by atoms with Crippen LogP contribution in [0.4, 0.5) is 11.4 Å². The number of nitro benzene ring substituents is 1. The predicted molar refractivity (Wildman–Crippen MR) is 111 cm³/mol. The fourth-order valence-electron chi connectivity index (χ4n) is 3.71. The largest absolute Gasteiger partial charge is 0.460 e. The standard InChI is InChI=1S/C23H22N2O4/c1-15-6-9-18(10-7-15)22-23(26)29-21-11-8-16(2)12-20(21)24(22)14-17-4-3-5-19(13-17)25(27)28/h3-13,22-23,26H,14H2,1-2H3. The predicted octanol–water partition coefficient (Wildman–Crippen LogP) is 4.67. The summed E-state index contributed by atoms with van der Waals surface area (Å²) >= 11 is 0. The third-order valence-corrected chi connectivity index (χ3v) is 5.17. The molecule has 29 heavy (non-hydrogen) atoms. The molecule has 0 aromatic heterocycles. The van der Waals surface area contributed by atoms with Gasteiger partial charge in [0.2, 0.25) is 6.29 Å². The number of nitrogens with zero attached hydrogens (tertiary/aromatic N) is 2. The number of rotatable bonds is 4. The summed E-state index contributed by atoms with van der Waals surface area (Å²) in [4.78, 5) is 12.9. The second kappa shape index (κ2) is 7.56. The lowest BCUT2D eigenvalue weighted by molar-refractivity contribution is -0.384. The van der Waals surface area contributed by atoms with Gasteiger partial charge in [-0.1, -0.05) is 48.0 Å². The number of non-ortho nitro benzene ring substituents is 1. The van der Waals surface area contributed by atoms with E-state index >= 15 is 0 Å². The van der Waals surface area contributed by atoms with Gasteiger partial charge in [0.25, 0.3) is 5.69 Å². The number of hydrogen-bond acceptors (Lipinski definition) is 5. The van der Waals surface area contributed by atoms with Gasteiger partial charge in [-0.05, 0) is 42.7 Å². The van der Waals surface area contributed by atoms with Crippen molar-refractivity contribution in [3.63, 3.8) is 0 Å². The van der Waals surface area contributed by atoms with E-state index in [1.54, 1.807) is 12.1 Å². The van der Waals surface area contributed by atoms with Gasteiger partial charge in [-0.25, -0.2) is 0 Å². The Morgan fingerprint density at radius 2 is 1.76 bits per heavy atom. The summed E-state index contributed by atoms with van der Waals surface area (Å²) in [7, 11) is 0. The topological polar surface area (TPSA) is 75.8 Å². The highest BCUT2D eigenvalue weighted by Gasteiger charge is 2.36. The van der Waals surface area contributed by atoms with Crippen LogP contribution in [0.3, 0.4) is 0 Å². The Balaban J connectivity index is 1.80. The van der Waals surface area contributed by atoms with Gasteiger partial charge >= 0.3 is 0 Å². The fourth-order valence-corrected chi connectivity index (χ4v) is 3.71. The zero-order valence-electron chi connectivity index (χ0n) is 16.3. The molecule has 0 saturated carbocycles. The average molecular weight is 390 g/mol. The van der Waals surface area contributed by atoms with Crippen molar-refractivity contribution >= 4 is 11.4 Å². The lowest BCUT2D eigenvalue weighted by Gasteiger charge is -2.42. The van der Waals surface area contributed by atoms with E-state index in [4.69, 9.17) is 4.74 Å². The molecular formula is C23H22N2O4. The van der Waals surface area contributed by atoms with Gasteiger partial charge in [0, 0.05) is 18.7 Å². The summed E-state index contributed by atoms with van der Waals surface area (Å²) in [5.41, 5.74) is 4.80. The first-order valence-electron chi connectivity index (χ1n) is 9.44. The first-order valence-corrected chi connectivity index (χ1v) is 9.44. The Bertz CT molecular complexity index is 1050. The molecule has 2 unspecified atom stereocenters. The molecule has 0 aliphatic carbocycles. The van der Waals surface area contributed by atoms with Crippen LogP contribution in [0.2, 0.25) is 0 Å². The molecule has 0 radical (unpaired) electrons. The Morgan fingerprint density at radius 1 is 1.03 bits per heavy atom. The third-order valence-electron chi connectivity index (χ3n) is 5.17. The van der Waals surface area contributed by atoms with E-state index in [2.05, 4.69) is 4.90 Å². The molecule has 4 rings (SSSR count). The summed E-state index contributed by atoms with van der Waals surface area (Å²) < 4.78 is 5.82. The van der Waals surface area contributed by atoms with Gasteiger partial charge in [-0.15, -0.1) is 0 Å². The molecule has 2 atom stereocenters. The summed E-state index contributed by atoms with van der Waals surface area (Å²) in [6.45, 7) is 4.41. The van der Waals surface area contributed by atoms with Crippen LogP contribution in [0, 0.1) is 24.0 Å². The monoisotopic (exact) mass is 390 g/mol. The molecule has 0 fully saturated rings. The van der Waals surface area contributed by atoms with Gasteiger partial charge in [-0.2, -0.15) is 0 Å². The molecule has 3 aromatic rings. The molecule has 0 bridgehead atoms. The fraction of sp³-hybridized carbons (Fsp3) is 0.217. The number of nitro groups is 1. The van der Waals surface area contributed by atoms with Crippen molar-refractivity contribution in [1.82, 2.24) is 0 Å². The lowest BCUT2D eigenvalue weighted by Crippen LogP contribution is -2.43. The molecule has 0 spiro atoms. The van der Waals surface area contributed by atoms with Crippen LogP contribution in [0.15, 0.2) is 66.7 Å². The van der Waals surface area contributed by atoms with E-state index in [-0.39, 0.29) is 5.69 Å². The second-order valence-electron chi connectivity index (χ2n) is 7.39. The smallest absolute Gasteiger partial charge is 0.269 e. The highest BCUT2D eigenvalue weighted by molar-refractivity contribution is 5.63. The molecule has 6 heteroatoms. The number of aliphatic hydroxyl groups is 1. The van der Waals surface area contributed by atoms with Crippen LogP contribution in [0.5, 0.6) is 5.75 Å². The van der Waals surface area contributed by atoms with Crippen LogP contribution in [-0.4, -0.2) is 16.3 Å². The lowest BCUT2D eigenvalue weighted by atomic mass is 9.99. The number of anilines is 1. The number of ether oxygens (including phenoxy) is 1. The molecular weight excluding hydrogens is 368 g/mol. The maximum atomic E-state index is 11.2. The van der Waals surface area contributed by atoms with Gasteiger partial charge in [0.1, 0.15) is 11.8 Å².